The van der Waals surface area contributed by atoms with Crippen LogP contribution in [0.25, 0.3) is 0 Å². The van der Waals surface area contributed by atoms with Crippen molar-refractivity contribution < 1.29 is 14.3 Å². The Bertz CT molecular complexity index is 986. The second-order valence-corrected chi connectivity index (χ2v) is 7.91. The average molecular weight is 491 g/mol. The van der Waals surface area contributed by atoms with Crippen molar-refractivity contribution in [3.8, 4) is 18.1 Å². The Balaban J connectivity index is 2.09. The Labute approximate surface area is 189 Å². The van der Waals surface area contributed by atoms with Gasteiger partial charge in [0.25, 0.3) is 11.8 Å². The number of terminal acetylenes is 1. The second-order valence-electron chi connectivity index (χ2n) is 6.58. The minimum Gasteiger partial charge on any atom is -0.480 e. The lowest BCUT2D eigenvalue weighted by atomic mass is 10.0. The summed E-state index contributed by atoms with van der Waals surface area (Å²) in [6, 6.07) is 11.2. The van der Waals surface area contributed by atoms with E-state index in [0.717, 1.165) is 4.47 Å². The first-order valence-electron chi connectivity index (χ1n) is 9.07. The third kappa shape index (κ3) is 6.61. The molecule has 2 rings (SSSR count). The fourth-order valence-electron chi connectivity index (χ4n) is 2.51. The molecule has 0 radical (unpaired) electrons. The highest BCUT2D eigenvalue weighted by molar-refractivity contribution is 9.10. The summed E-state index contributed by atoms with van der Waals surface area (Å²) >= 11 is 9.44. The highest BCUT2D eigenvalue weighted by atomic mass is 79.9. The molecule has 156 valence electrons. The fraction of sp³-hybridized carbons (Fsp3) is 0.227. The molecule has 0 aromatic heterocycles. The molecule has 0 saturated heterocycles. The van der Waals surface area contributed by atoms with Gasteiger partial charge in [0.1, 0.15) is 18.4 Å². The van der Waals surface area contributed by atoms with Gasteiger partial charge in [0.2, 0.25) is 0 Å². The Hall–Kier alpha value is -2.82. The monoisotopic (exact) mass is 489 g/mol. The predicted molar refractivity (Wildman–Crippen MR) is 122 cm³/mol. The van der Waals surface area contributed by atoms with Crippen LogP contribution in [0, 0.1) is 18.3 Å². The molecular weight excluding hydrogens is 470 g/mol. The van der Waals surface area contributed by atoms with Gasteiger partial charge in [-0.2, -0.15) is 5.10 Å². The van der Waals surface area contributed by atoms with E-state index in [1.807, 2.05) is 13.8 Å². The molecule has 0 bridgehead atoms. The van der Waals surface area contributed by atoms with Gasteiger partial charge in [-0.25, -0.2) is 5.43 Å². The first-order chi connectivity index (χ1) is 14.3. The largest absolute Gasteiger partial charge is 0.480 e. The van der Waals surface area contributed by atoms with E-state index < -0.39 is 17.9 Å². The van der Waals surface area contributed by atoms with Crippen molar-refractivity contribution in [2.24, 2.45) is 11.0 Å². The molecule has 2 N–H and O–H groups in total. The maximum absolute atomic E-state index is 12.6. The van der Waals surface area contributed by atoms with Crippen molar-refractivity contribution in [1.82, 2.24) is 10.7 Å². The van der Waals surface area contributed by atoms with Crippen molar-refractivity contribution in [1.29, 1.82) is 0 Å². The molecule has 0 fully saturated rings. The standard InChI is InChI=1S/C22H21BrClN3O3/c1-4-11-30-19-10-9-16(23)12-15(19)13-25-27-22(29)20(14(2)3)26-21(28)17-7-5-6-8-18(17)24/h1,5-10,12-14,20H,11H2,2-3H3,(H,26,28)(H,27,29)/b25-13+. The molecule has 8 heteroatoms. The van der Waals surface area contributed by atoms with Crippen LogP contribution in [0.15, 0.2) is 52.0 Å². The van der Waals surface area contributed by atoms with Crippen LogP contribution in [-0.4, -0.2) is 30.7 Å². The SMILES string of the molecule is C#CCOc1ccc(Br)cc1/C=N/NC(=O)C(NC(=O)c1ccccc1Cl)C(C)C. The zero-order chi connectivity index (χ0) is 22.1. The number of halogens is 2. The number of hydrogen-bond donors (Lipinski definition) is 2. The zero-order valence-corrected chi connectivity index (χ0v) is 18.8. The molecule has 2 aromatic carbocycles. The maximum atomic E-state index is 12.6. The topological polar surface area (TPSA) is 79.8 Å². The van der Waals surface area contributed by atoms with E-state index in [0.29, 0.717) is 21.9 Å². The highest BCUT2D eigenvalue weighted by Crippen LogP contribution is 2.21. The lowest BCUT2D eigenvalue weighted by Crippen LogP contribution is -2.48. The number of hydrogen-bond acceptors (Lipinski definition) is 4. The molecule has 30 heavy (non-hydrogen) atoms. The lowest BCUT2D eigenvalue weighted by molar-refractivity contribution is -0.123. The van der Waals surface area contributed by atoms with Crippen LogP contribution < -0.4 is 15.5 Å². The van der Waals surface area contributed by atoms with Crippen LogP contribution in [0.3, 0.4) is 0 Å². The molecule has 0 aliphatic rings. The van der Waals surface area contributed by atoms with E-state index in [9.17, 15) is 9.59 Å². The minimum atomic E-state index is -0.800. The number of nitrogens with zero attached hydrogens (tertiary/aromatic N) is 1. The minimum absolute atomic E-state index is 0.109. The summed E-state index contributed by atoms with van der Waals surface area (Å²) in [7, 11) is 0. The van der Waals surface area contributed by atoms with Gasteiger partial charge < -0.3 is 10.1 Å². The summed E-state index contributed by atoms with van der Waals surface area (Å²) in [6.07, 6.45) is 6.68. The van der Waals surface area contributed by atoms with Gasteiger partial charge in [0.05, 0.1) is 16.8 Å². The Morgan fingerprint density at radius 2 is 2.03 bits per heavy atom. The quantitative estimate of drug-likeness (QED) is 0.333. The van der Waals surface area contributed by atoms with E-state index in [-0.39, 0.29) is 12.5 Å². The maximum Gasteiger partial charge on any atom is 0.262 e. The Kier molecular flexibility index (Phi) is 8.90. The molecule has 0 aliphatic carbocycles. The van der Waals surface area contributed by atoms with Gasteiger partial charge in [-0.1, -0.05) is 59.4 Å². The molecule has 1 atom stereocenters. The van der Waals surface area contributed by atoms with Gasteiger partial charge in [-0.3, -0.25) is 9.59 Å². The van der Waals surface area contributed by atoms with E-state index in [2.05, 4.69) is 37.7 Å². The third-order valence-electron chi connectivity index (χ3n) is 4.02. The summed E-state index contributed by atoms with van der Waals surface area (Å²) in [6.45, 7) is 3.75. The van der Waals surface area contributed by atoms with Crippen molar-refractivity contribution in [3.63, 3.8) is 0 Å². The van der Waals surface area contributed by atoms with Gasteiger partial charge in [-0.05, 0) is 36.2 Å². The van der Waals surface area contributed by atoms with Crippen LogP contribution in [0.4, 0.5) is 0 Å². The number of carbonyl (C=O) groups excluding carboxylic acids is 2. The lowest BCUT2D eigenvalue weighted by Gasteiger charge is -2.20. The van der Waals surface area contributed by atoms with Gasteiger partial charge >= 0.3 is 0 Å². The summed E-state index contributed by atoms with van der Waals surface area (Å²) in [5.41, 5.74) is 3.38. The van der Waals surface area contributed by atoms with Crippen LogP contribution in [0.5, 0.6) is 5.75 Å². The number of amides is 2. The number of benzene rings is 2. The molecule has 0 aliphatic heterocycles. The first-order valence-corrected chi connectivity index (χ1v) is 10.2. The van der Waals surface area contributed by atoms with Crippen molar-refractivity contribution in [3.05, 3.63) is 63.1 Å². The van der Waals surface area contributed by atoms with Gasteiger partial charge in [0, 0.05) is 10.0 Å². The fourth-order valence-corrected chi connectivity index (χ4v) is 3.11. The third-order valence-corrected chi connectivity index (χ3v) is 4.84. The van der Waals surface area contributed by atoms with Gasteiger partial charge in [0.15, 0.2) is 0 Å². The molecule has 0 heterocycles. The van der Waals surface area contributed by atoms with Crippen molar-refractivity contribution >= 4 is 45.6 Å². The van der Waals surface area contributed by atoms with E-state index in [1.54, 1.807) is 42.5 Å². The molecule has 2 amide bonds. The van der Waals surface area contributed by atoms with E-state index in [1.165, 1.54) is 6.21 Å². The predicted octanol–water partition coefficient (Wildman–Crippen LogP) is 4.02. The van der Waals surface area contributed by atoms with Crippen molar-refractivity contribution in [2.75, 3.05) is 6.61 Å². The molecule has 1 unspecified atom stereocenters. The average Bonchev–Trinajstić information content (AvgIpc) is 2.71. The summed E-state index contributed by atoms with van der Waals surface area (Å²) in [5.74, 6) is 1.86. The molecule has 2 aromatic rings. The number of hydrazone groups is 1. The number of nitrogens with one attached hydrogen (secondary N) is 2. The smallest absolute Gasteiger partial charge is 0.262 e. The van der Waals surface area contributed by atoms with Crippen molar-refractivity contribution in [2.45, 2.75) is 19.9 Å². The number of ether oxygens (including phenoxy) is 1. The van der Waals surface area contributed by atoms with E-state index >= 15 is 0 Å². The Morgan fingerprint density at radius 1 is 1.30 bits per heavy atom. The van der Waals surface area contributed by atoms with Crippen LogP contribution >= 0.6 is 27.5 Å². The number of carbonyl (C=O) groups is 2. The van der Waals surface area contributed by atoms with Crippen LogP contribution in [0.2, 0.25) is 5.02 Å². The Morgan fingerprint density at radius 3 is 2.70 bits per heavy atom. The summed E-state index contributed by atoms with van der Waals surface area (Å²) in [5, 5.41) is 7.01. The molecule has 0 spiro atoms. The normalized spacial score (nSPS) is 11.7. The van der Waals surface area contributed by atoms with E-state index in [4.69, 9.17) is 22.8 Å². The van der Waals surface area contributed by atoms with Gasteiger partial charge in [-0.15, -0.1) is 6.42 Å². The molecule has 0 saturated carbocycles. The van der Waals surface area contributed by atoms with Crippen LogP contribution in [-0.2, 0) is 4.79 Å². The summed E-state index contributed by atoms with van der Waals surface area (Å²) < 4.78 is 6.28. The highest BCUT2D eigenvalue weighted by Gasteiger charge is 2.25. The second kappa shape index (κ2) is 11.4. The summed E-state index contributed by atoms with van der Waals surface area (Å²) in [4.78, 5) is 25.1. The number of rotatable bonds is 8. The first kappa shape index (κ1) is 23.5. The van der Waals surface area contributed by atoms with Crippen LogP contribution in [0.1, 0.15) is 29.8 Å². The molecular formula is C22H21BrClN3O3. The zero-order valence-electron chi connectivity index (χ0n) is 16.5. The molecule has 6 nitrogen and oxygen atoms in total.